The summed E-state index contributed by atoms with van der Waals surface area (Å²) in [5, 5.41) is 0. The molecule has 112 valence electrons. The Morgan fingerprint density at radius 1 is 0.727 bits per heavy atom. The number of aryl methyl sites for hydroxylation is 2. The molecule has 0 spiro atoms. The quantitative estimate of drug-likeness (QED) is 0.630. The molecule has 2 nitrogen and oxygen atoms in total. The molecule has 1 heterocycles. The molecule has 0 radical (unpaired) electrons. The number of hydrogen-bond acceptors (Lipinski definition) is 2. The molecule has 0 atom stereocenters. The number of furan rings is 1. The van der Waals surface area contributed by atoms with E-state index >= 15 is 0 Å². The molecule has 0 aliphatic heterocycles. The lowest BCUT2D eigenvalue weighted by Crippen LogP contribution is -2.03. The molecule has 2 heteroatoms. The Balaban J connectivity index is 1.51. The second-order valence-corrected chi connectivity index (χ2v) is 5.27. The van der Waals surface area contributed by atoms with Gasteiger partial charge in [0, 0.05) is 6.42 Å². The molecular weight excluding hydrogens is 272 g/mol. The first kappa shape index (κ1) is 14.5. The van der Waals surface area contributed by atoms with E-state index in [4.69, 9.17) is 9.15 Å². The second kappa shape index (κ2) is 7.51. The summed E-state index contributed by atoms with van der Waals surface area (Å²) in [5.41, 5.74) is 2.63. The molecule has 0 aliphatic carbocycles. The highest BCUT2D eigenvalue weighted by Gasteiger charge is 2.07. The molecule has 22 heavy (non-hydrogen) atoms. The highest BCUT2D eigenvalue weighted by Crippen LogP contribution is 2.16. The minimum absolute atomic E-state index is 0.635. The zero-order chi connectivity index (χ0) is 15.0. The smallest absolute Gasteiger partial charge is 0.119 e. The number of para-hydroxylation sites is 1. The van der Waals surface area contributed by atoms with Crippen LogP contribution in [0, 0.1) is 0 Å². The van der Waals surface area contributed by atoms with Gasteiger partial charge in [0.1, 0.15) is 11.5 Å². The average Bonchev–Trinajstić information content (AvgIpc) is 3.02. The van der Waals surface area contributed by atoms with Gasteiger partial charge in [-0.1, -0.05) is 48.5 Å². The summed E-state index contributed by atoms with van der Waals surface area (Å²) < 4.78 is 11.3. The molecular formula is C20H20O2. The van der Waals surface area contributed by atoms with E-state index in [1.54, 1.807) is 6.26 Å². The monoisotopic (exact) mass is 292 g/mol. The third-order valence-electron chi connectivity index (χ3n) is 3.70. The van der Waals surface area contributed by atoms with Crippen LogP contribution in [0.5, 0.6) is 5.75 Å². The molecule has 0 amide bonds. The predicted molar refractivity (Wildman–Crippen MR) is 88.2 cm³/mol. The predicted octanol–water partition coefficient (Wildman–Crippen LogP) is 4.69. The molecule has 0 saturated heterocycles. The van der Waals surface area contributed by atoms with Crippen molar-refractivity contribution in [1.29, 1.82) is 0 Å². The highest BCUT2D eigenvalue weighted by molar-refractivity contribution is 5.23. The van der Waals surface area contributed by atoms with Crippen LogP contribution in [0.4, 0.5) is 0 Å². The van der Waals surface area contributed by atoms with Crippen LogP contribution in [-0.2, 0) is 19.3 Å². The van der Waals surface area contributed by atoms with Gasteiger partial charge in [0.05, 0.1) is 12.9 Å². The fraction of sp³-hybridized carbons (Fsp3) is 0.200. The van der Waals surface area contributed by atoms with E-state index in [1.807, 2.05) is 36.4 Å². The van der Waals surface area contributed by atoms with Crippen molar-refractivity contribution in [3.05, 3.63) is 89.9 Å². The Hall–Kier alpha value is -2.48. The number of hydrogen-bond donors (Lipinski definition) is 0. The van der Waals surface area contributed by atoms with Crippen LogP contribution in [0.2, 0.25) is 0 Å². The van der Waals surface area contributed by atoms with Gasteiger partial charge in [-0.3, -0.25) is 0 Å². The first-order valence-electron chi connectivity index (χ1n) is 7.69. The average molecular weight is 292 g/mol. The Morgan fingerprint density at radius 3 is 2.23 bits per heavy atom. The van der Waals surface area contributed by atoms with Crippen molar-refractivity contribution < 1.29 is 9.15 Å². The van der Waals surface area contributed by atoms with Crippen LogP contribution in [0.1, 0.15) is 16.9 Å². The molecule has 3 aromatic rings. The molecule has 0 saturated carbocycles. The van der Waals surface area contributed by atoms with Gasteiger partial charge >= 0.3 is 0 Å². The number of benzene rings is 2. The van der Waals surface area contributed by atoms with Crippen molar-refractivity contribution in [2.24, 2.45) is 0 Å². The van der Waals surface area contributed by atoms with Gasteiger partial charge in [-0.15, -0.1) is 0 Å². The first-order chi connectivity index (χ1) is 10.9. The Bertz CT molecular complexity index is 671. The van der Waals surface area contributed by atoms with Crippen LogP contribution in [0.25, 0.3) is 0 Å². The van der Waals surface area contributed by atoms with Crippen molar-refractivity contribution >= 4 is 0 Å². The van der Waals surface area contributed by atoms with Crippen LogP contribution in [0.15, 0.2) is 77.4 Å². The van der Waals surface area contributed by atoms with Gasteiger partial charge in [-0.2, -0.15) is 0 Å². The van der Waals surface area contributed by atoms with Gasteiger partial charge in [-0.25, -0.2) is 0 Å². The molecule has 2 aromatic carbocycles. The lowest BCUT2D eigenvalue weighted by molar-refractivity contribution is 0.308. The van der Waals surface area contributed by atoms with Crippen molar-refractivity contribution in [1.82, 2.24) is 0 Å². The van der Waals surface area contributed by atoms with Gasteiger partial charge in [-0.05, 0) is 42.2 Å². The highest BCUT2D eigenvalue weighted by atomic mass is 16.5. The standard InChI is InChI=1S/C20H20O2/c1-3-7-17(8-4-1)11-12-18-13-15-22-20(18)14-16-21-19-9-5-2-6-10-19/h1-10,13,15H,11-12,14,16H2. The van der Waals surface area contributed by atoms with Crippen LogP contribution in [-0.4, -0.2) is 6.61 Å². The normalized spacial score (nSPS) is 10.5. The zero-order valence-electron chi connectivity index (χ0n) is 12.6. The maximum absolute atomic E-state index is 5.74. The Kier molecular flexibility index (Phi) is 4.93. The second-order valence-electron chi connectivity index (χ2n) is 5.27. The van der Waals surface area contributed by atoms with Crippen molar-refractivity contribution in [3.63, 3.8) is 0 Å². The van der Waals surface area contributed by atoms with Crippen LogP contribution >= 0.6 is 0 Å². The summed E-state index contributed by atoms with van der Waals surface area (Å²) in [6, 6.07) is 22.5. The van der Waals surface area contributed by atoms with Crippen LogP contribution < -0.4 is 4.74 Å². The van der Waals surface area contributed by atoms with E-state index in [-0.39, 0.29) is 0 Å². The van der Waals surface area contributed by atoms with E-state index in [9.17, 15) is 0 Å². The summed E-state index contributed by atoms with van der Waals surface area (Å²) in [6.45, 7) is 0.635. The topological polar surface area (TPSA) is 22.4 Å². The van der Waals surface area contributed by atoms with E-state index in [2.05, 4.69) is 30.3 Å². The summed E-state index contributed by atoms with van der Waals surface area (Å²) >= 11 is 0. The summed E-state index contributed by atoms with van der Waals surface area (Å²) in [7, 11) is 0. The Morgan fingerprint density at radius 2 is 1.45 bits per heavy atom. The van der Waals surface area contributed by atoms with Crippen LogP contribution in [0.3, 0.4) is 0 Å². The fourth-order valence-electron chi connectivity index (χ4n) is 2.51. The Labute approximate surface area is 131 Å². The molecule has 0 unspecified atom stereocenters. The SMILES string of the molecule is c1ccc(CCc2ccoc2CCOc2ccccc2)cc1. The molecule has 3 rings (SSSR count). The summed E-state index contributed by atoms with van der Waals surface area (Å²) in [6.07, 6.45) is 4.61. The largest absolute Gasteiger partial charge is 0.493 e. The maximum atomic E-state index is 5.74. The van der Waals surface area contributed by atoms with Gasteiger partial charge < -0.3 is 9.15 Å². The number of ether oxygens (including phenoxy) is 1. The van der Waals surface area contributed by atoms with E-state index < -0.39 is 0 Å². The van der Waals surface area contributed by atoms with Gasteiger partial charge in [0.2, 0.25) is 0 Å². The first-order valence-corrected chi connectivity index (χ1v) is 7.69. The number of rotatable bonds is 7. The molecule has 0 aliphatic rings. The minimum Gasteiger partial charge on any atom is -0.493 e. The van der Waals surface area contributed by atoms with Gasteiger partial charge in [0.25, 0.3) is 0 Å². The van der Waals surface area contributed by atoms with Gasteiger partial charge in [0.15, 0.2) is 0 Å². The lowest BCUT2D eigenvalue weighted by atomic mass is 10.0. The minimum atomic E-state index is 0.635. The van der Waals surface area contributed by atoms with Crippen molar-refractivity contribution in [2.75, 3.05) is 6.61 Å². The summed E-state index contributed by atoms with van der Waals surface area (Å²) in [4.78, 5) is 0. The van der Waals surface area contributed by atoms with Crippen molar-refractivity contribution in [2.45, 2.75) is 19.3 Å². The maximum Gasteiger partial charge on any atom is 0.119 e. The molecule has 0 bridgehead atoms. The van der Waals surface area contributed by atoms with Crippen molar-refractivity contribution in [3.8, 4) is 5.75 Å². The molecule has 0 N–H and O–H groups in total. The van der Waals surface area contributed by atoms with E-state index in [0.717, 1.165) is 30.8 Å². The third-order valence-corrected chi connectivity index (χ3v) is 3.70. The van der Waals surface area contributed by atoms with E-state index in [1.165, 1.54) is 11.1 Å². The fourth-order valence-corrected chi connectivity index (χ4v) is 2.51. The van der Waals surface area contributed by atoms with E-state index in [0.29, 0.717) is 6.61 Å². The zero-order valence-corrected chi connectivity index (χ0v) is 12.6. The molecule has 0 fully saturated rings. The summed E-state index contributed by atoms with van der Waals surface area (Å²) in [5.74, 6) is 1.94. The third kappa shape index (κ3) is 4.01. The lowest BCUT2D eigenvalue weighted by Gasteiger charge is -2.06. The molecule has 1 aromatic heterocycles.